The Bertz CT molecular complexity index is 423. The van der Waals surface area contributed by atoms with Crippen LogP contribution in [0, 0.1) is 5.92 Å². The summed E-state index contributed by atoms with van der Waals surface area (Å²) in [6.07, 6.45) is 1.11. The number of halogens is 1. The van der Waals surface area contributed by atoms with Crippen molar-refractivity contribution >= 4 is 21.9 Å². The van der Waals surface area contributed by atoms with Crippen LogP contribution in [0.2, 0.25) is 0 Å². The van der Waals surface area contributed by atoms with E-state index in [2.05, 4.69) is 21.2 Å². The molecule has 1 unspecified atom stereocenters. The number of carboxylic acids is 1. The van der Waals surface area contributed by atoms with Crippen molar-refractivity contribution < 1.29 is 14.6 Å². The van der Waals surface area contributed by atoms with Crippen molar-refractivity contribution in [3.8, 4) is 5.75 Å². The predicted molar refractivity (Wildman–Crippen MR) is 78.7 cm³/mol. The lowest BCUT2D eigenvalue weighted by Crippen LogP contribution is -2.24. The van der Waals surface area contributed by atoms with Gasteiger partial charge in [0.05, 0.1) is 11.6 Å². The van der Waals surface area contributed by atoms with Crippen molar-refractivity contribution in [1.82, 2.24) is 5.32 Å². The molecule has 1 rings (SSSR count). The van der Waals surface area contributed by atoms with Crippen LogP contribution in [-0.2, 0) is 11.2 Å². The molecule has 0 aromatic heterocycles. The van der Waals surface area contributed by atoms with E-state index in [0.717, 1.165) is 29.7 Å². The van der Waals surface area contributed by atoms with Crippen molar-refractivity contribution in [3.63, 3.8) is 0 Å². The maximum absolute atomic E-state index is 10.5. The Balaban J connectivity index is 2.29. The van der Waals surface area contributed by atoms with Crippen LogP contribution in [0.15, 0.2) is 22.7 Å². The Morgan fingerprint density at radius 2 is 2.26 bits per heavy atom. The molecule has 0 heterocycles. The highest BCUT2D eigenvalue weighted by Crippen LogP contribution is 2.25. The highest BCUT2D eigenvalue weighted by molar-refractivity contribution is 9.10. The SMILES string of the molecule is COc1ccc(CCNCC(C)CC(=O)O)cc1Br. The molecule has 4 nitrogen and oxygen atoms in total. The van der Waals surface area contributed by atoms with Gasteiger partial charge in [-0.25, -0.2) is 0 Å². The fourth-order valence-corrected chi connectivity index (χ4v) is 2.40. The van der Waals surface area contributed by atoms with Crippen molar-refractivity contribution in [2.24, 2.45) is 5.92 Å². The van der Waals surface area contributed by atoms with Gasteiger partial charge in [-0.15, -0.1) is 0 Å². The summed E-state index contributed by atoms with van der Waals surface area (Å²) in [5.74, 6) is 0.236. The van der Waals surface area contributed by atoms with E-state index in [9.17, 15) is 4.79 Å². The topological polar surface area (TPSA) is 58.6 Å². The summed E-state index contributed by atoms with van der Waals surface area (Å²) in [6.45, 7) is 3.50. The number of benzene rings is 1. The number of ether oxygens (including phenoxy) is 1. The summed E-state index contributed by atoms with van der Waals surface area (Å²) in [5.41, 5.74) is 1.21. The molecular formula is C14H20BrNO3. The van der Waals surface area contributed by atoms with Gasteiger partial charge in [0.25, 0.3) is 0 Å². The first-order valence-electron chi connectivity index (χ1n) is 6.28. The van der Waals surface area contributed by atoms with Crippen molar-refractivity contribution in [2.45, 2.75) is 19.8 Å². The van der Waals surface area contributed by atoms with E-state index in [-0.39, 0.29) is 12.3 Å². The molecular weight excluding hydrogens is 310 g/mol. The van der Waals surface area contributed by atoms with Crippen LogP contribution < -0.4 is 10.1 Å². The molecule has 0 fully saturated rings. The molecule has 0 saturated heterocycles. The van der Waals surface area contributed by atoms with E-state index < -0.39 is 5.97 Å². The first-order chi connectivity index (χ1) is 9.02. The van der Waals surface area contributed by atoms with Gasteiger partial charge in [0, 0.05) is 6.42 Å². The van der Waals surface area contributed by atoms with Crippen LogP contribution in [0.1, 0.15) is 18.9 Å². The number of carboxylic acid groups (broad SMARTS) is 1. The fraction of sp³-hybridized carbons (Fsp3) is 0.500. The van der Waals surface area contributed by atoms with Crippen molar-refractivity contribution in [2.75, 3.05) is 20.2 Å². The van der Waals surface area contributed by atoms with Crippen LogP contribution in [0.4, 0.5) is 0 Å². The second-order valence-electron chi connectivity index (χ2n) is 4.63. The highest BCUT2D eigenvalue weighted by atomic mass is 79.9. The third kappa shape index (κ3) is 6.07. The van der Waals surface area contributed by atoms with Gasteiger partial charge >= 0.3 is 5.97 Å². The van der Waals surface area contributed by atoms with Crippen LogP contribution in [0.25, 0.3) is 0 Å². The van der Waals surface area contributed by atoms with E-state index in [4.69, 9.17) is 9.84 Å². The van der Waals surface area contributed by atoms with Gasteiger partial charge in [-0.2, -0.15) is 0 Å². The molecule has 5 heteroatoms. The van der Waals surface area contributed by atoms with E-state index in [1.54, 1.807) is 7.11 Å². The lowest BCUT2D eigenvalue weighted by molar-refractivity contribution is -0.137. The molecule has 106 valence electrons. The second-order valence-corrected chi connectivity index (χ2v) is 5.48. The monoisotopic (exact) mass is 329 g/mol. The number of nitrogens with one attached hydrogen (secondary N) is 1. The molecule has 2 N–H and O–H groups in total. The highest BCUT2D eigenvalue weighted by Gasteiger charge is 2.06. The smallest absolute Gasteiger partial charge is 0.303 e. The molecule has 19 heavy (non-hydrogen) atoms. The van der Waals surface area contributed by atoms with E-state index in [0.29, 0.717) is 0 Å². The largest absolute Gasteiger partial charge is 0.496 e. The normalized spacial score (nSPS) is 12.2. The van der Waals surface area contributed by atoms with E-state index >= 15 is 0 Å². The Morgan fingerprint density at radius 3 is 2.84 bits per heavy atom. The van der Waals surface area contributed by atoms with Gasteiger partial charge in [-0.1, -0.05) is 13.0 Å². The number of hydrogen-bond acceptors (Lipinski definition) is 3. The molecule has 0 aliphatic rings. The molecule has 0 aliphatic heterocycles. The molecule has 1 aromatic rings. The van der Waals surface area contributed by atoms with Crippen LogP contribution in [0.3, 0.4) is 0 Å². The lowest BCUT2D eigenvalue weighted by Gasteiger charge is -2.11. The number of carbonyl (C=O) groups is 1. The average molecular weight is 330 g/mol. The summed E-state index contributed by atoms with van der Waals surface area (Å²) >= 11 is 3.46. The quantitative estimate of drug-likeness (QED) is 0.720. The van der Waals surface area contributed by atoms with Gasteiger partial charge in [0.2, 0.25) is 0 Å². The first kappa shape index (κ1) is 16.0. The van der Waals surface area contributed by atoms with Crippen molar-refractivity contribution in [3.05, 3.63) is 28.2 Å². The molecule has 0 bridgehead atoms. The fourth-order valence-electron chi connectivity index (χ4n) is 1.82. The molecule has 1 aromatic carbocycles. The number of aliphatic carboxylic acids is 1. The lowest BCUT2D eigenvalue weighted by atomic mass is 10.1. The summed E-state index contributed by atoms with van der Waals surface area (Å²) in [4.78, 5) is 10.5. The van der Waals surface area contributed by atoms with Gasteiger partial charge in [0.15, 0.2) is 0 Å². The molecule has 0 radical (unpaired) electrons. The maximum Gasteiger partial charge on any atom is 0.303 e. The van der Waals surface area contributed by atoms with Gasteiger partial charge < -0.3 is 15.2 Å². The van der Waals surface area contributed by atoms with E-state index in [1.165, 1.54) is 5.56 Å². The van der Waals surface area contributed by atoms with E-state index in [1.807, 2.05) is 25.1 Å². The van der Waals surface area contributed by atoms with Crippen molar-refractivity contribution in [1.29, 1.82) is 0 Å². The Morgan fingerprint density at radius 1 is 1.53 bits per heavy atom. The Kier molecular flexibility index (Phi) is 6.87. The van der Waals surface area contributed by atoms with Gasteiger partial charge in [-0.05, 0) is 59.1 Å². The molecule has 0 aliphatic carbocycles. The van der Waals surface area contributed by atoms with Crippen LogP contribution >= 0.6 is 15.9 Å². The minimum Gasteiger partial charge on any atom is -0.496 e. The standard InChI is InChI=1S/C14H20BrNO3/c1-10(7-14(17)18)9-16-6-5-11-3-4-13(19-2)12(15)8-11/h3-4,8,10,16H,5-7,9H2,1-2H3,(H,17,18). The molecule has 0 spiro atoms. The minimum atomic E-state index is -0.742. The number of rotatable bonds is 8. The third-order valence-corrected chi connectivity index (χ3v) is 3.44. The molecule has 0 saturated carbocycles. The summed E-state index contributed by atoms with van der Waals surface area (Å²) in [5, 5.41) is 11.9. The van der Waals surface area contributed by atoms with Crippen LogP contribution in [-0.4, -0.2) is 31.3 Å². The summed E-state index contributed by atoms with van der Waals surface area (Å²) in [6, 6.07) is 6.01. The predicted octanol–water partition coefficient (Wildman–Crippen LogP) is 2.70. The maximum atomic E-state index is 10.5. The van der Waals surface area contributed by atoms with Gasteiger partial charge in [0.1, 0.15) is 5.75 Å². The Labute approximate surface area is 122 Å². The summed E-state index contributed by atoms with van der Waals surface area (Å²) in [7, 11) is 1.64. The molecule has 0 amide bonds. The second kappa shape index (κ2) is 8.17. The van der Waals surface area contributed by atoms with Gasteiger partial charge in [-0.3, -0.25) is 4.79 Å². The average Bonchev–Trinajstić information content (AvgIpc) is 2.34. The first-order valence-corrected chi connectivity index (χ1v) is 7.07. The number of methoxy groups -OCH3 is 1. The molecule has 1 atom stereocenters. The third-order valence-electron chi connectivity index (χ3n) is 2.82. The minimum absolute atomic E-state index is 0.153. The summed E-state index contributed by atoms with van der Waals surface area (Å²) < 4.78 is 6.13. The zero-order valence-electron chi connectivity index (χ0n) is 11.3. The Hall–Kier alpha value is -1.07. The van der Waals surface area contributed by atoms with Crippen LogP contribution in [0.5, 0.6) is 5.75 Å². The zero-order valence-corrected chi connectivity index (χ0v) is 12.9. The number of hydrogen-bond donors (Lipinski definition) is 2. The zero-order chi connectivity index (χ0) is 14.3.